The van der Waals surface area contributed by atoms with Crippen LogP contribution in [0.5, 0.6) is 0 Å². The summed E-state index contributed by atoms with van der Waals surface area (Å²) >= 11 is 0. The molecule has 0 aromatic rings. The molecule has 18 heavy (non-hydrogen) atoms. The van der Waals surface area contributed by atoms with Crippen molar-refractivity contribution in [1.82, 2.24) is 0 Å². The first-order chi connectivity index (χ1) is 8.72. The largest absolute Gasteiger partial charge is 0.463 e. The minimum absolute atomic E-state index is 0.0874. The monoisotopic (exact) mass is 258 g/mol. The number of methoxy groups -OCH3 is 1. The maximum Gasteiger partial charge on any atom is 0.306 e. The van der Waals surface area contributed by atoms with Crippen LogP contribution in [0.1, 0.15) is 51.9 Å². The lowest BCUT2D eigenvalue weighted by molar-refractivity contribution is -0.153. The second-order valence-electron chi connectivity index (χ2n) is 4.96. The molecule has 0 spiro atoms. The van der Waals surface area contributed by atoms with Gasteiger partial charge in [0.1, 0.15) is 6.61 Å². The van der Waals surface area contributed by atoms with Gasteiger partial charge in [-0.15, -0.1) is 0 Å². The van der Waals surface area contributed by atoms with Crippen LogP contribution < -0.4 is 0 Å². The quantitative estimate of drug-likeness (QED) is 0.305. The molecule has 0 N–H and O–H groups in total. The van der Waals surface area contributed by atoms with Crippen molar-refractivity contribution in [2.24, 2.45) is 5.92 Å². The van der Waals surface area contributed by atoms with Crippen LogP contribution in [0, 0.1) is 5.92 Å². The highest BCUT2D eigenvalue weighted by Crippen LogP contribution is 2.25. The number of rotatable bonds is 7. The normalized spacial score (nSPS) is 19.2. The SMILES string of the molecule is COC(C)OCCOC(=O)CC1CCCCCC1. The molecule has 1 atom stereocenters. The van der Waals surface area contributed by atoms with Crippen LogP contribution in [0.3, 0.4) is 0 Å². The Bertz CT molecular complexity index is 222. The summed E-state index contributed by atoms with van der Waals surface area (Å²) in [5.74, 6) is 0.439. The van der Waals surface area contributed by atoms with E-state index in [1.54, 1.807) is 7.11 Å². The van der Waals surface area contributed by atoms with Crippen molar-refractivity contribution in [2.75, 3.05) is 20.3 Å². The van der Waals surface area contributed by atoms with Crippen LogP contribution in [-0.4, -0.2) is 32.6 Å². The molecule has 1 fully saturated rings. The smallest absolute Gasteiger partial charge is 0.306 e. The predicted molar refractivity (Wildman–Crippen MR) is 69.2 cm³/mol. The topological polar surface area (TPSA) is 44.8 Å². The molecule has 0 radical (unpaired) electrons. The van der Waals surface area contributed by atoms with E-state index in [0.29, 0.717) is 25.6 Å². The fourth-order valence-electron chi connectivity index (χ4n) is 2.30. The van der Waals surface area contributed by atoms with Crippen molar-refractivity contribution < 1.29 is 19.0 Å². The predicted octanol–water partition coefficient (Wildman–Crippen LogP) is 2.90. The number of ether oxygens (including phenoxy) is 3. The Kier molecular flexibility index (Phi) is 8.01. The Labute approximate surface area is 110 Å². The molecule has 0 heterocycles. The maximum atomic E-state index is 11.6. The molecular formula is C14H26O4. The van der Waals surface area contributed by atoms with Gasteiger partial charge in [-0.05, 0) is 25.7 Å². The summed E-state index contributed by atoms with van der Waals surface area (Å²) in [5, 5.41) is 0. The molecule has 0 aromatic heterocycles. The van der Waals surface area contributed by atoms with Gasteiger partial charge in [0.15, 0.2) is 6.29 Å². The fraction of sp³-hybridized carbons (Fsp3) is 0.929. The average Bonchev–Trinajstić information content (AvgIpc) is 2.63. The molecule has 1 rings (SSSR count). The zero-order valence-corrected chi connectivity index (χ0v) is 11.7. The van der Waals surface area contributed by atoms with E-state index in [2.05, 4.69) is 0 Å². The number of esters is 1. The van der Waals surface area contributed by atoms with Crippen LogP contribution in [0.2, 0.25) is 0 Å². The molecule has 0 bridgehead atoms. The molecule has 4 heteroatoms. The zero-order valence-electron chi connectivity index (χ0n) is 11.7. The van der Waals surface area contributed by atoms with Crippen LogP contribution in [0.15, 0.2) is 0 Å². The summed E-state index contributed by atoms with van der Waals surface area (Å²) in [6.07, 6.45) is 7.81. The molecule has 1 aliphatic carbocycles. The van der Waals surface area contributed by atoms with E-state index < -0.39 is 0 Å². The van der Waals surface area contributed by atoms with Crippen molar-refractivity contribution in [3.63, 3.8) is 0 Å². The van der Waals surface area contributed by atoms with Gasteiger partial charge in [0.05, 0.1) is 6.61 Å². The number of carbonyl (C=O) groups excluding carboxylic acids is 1. The molecule has 1 saturated carbocycles. The van der Waals surface area contributed by atoms with E-state index in [-0.39, 0.29) is 12.3 Å². The van der Waals surface area contributed by atoms with Crippen LogP contribution >= 0.6 is 0 Å². The van der Waals surface area contributed by atoms with E-state index in [1.807, 2.05) is 6.92 Å². The summed E-state index contributed by atoms with van der Waals surface area (Å²) in [6.45, 7) is 2.53. The van der Waals surface area contributed by atoms with Crippen LogP contribution in [0.4, 0.5) is 0 Å². The molecule has 0 aromatic carbocycles. The zero-order chi connectivity index (χ0) is 13.2. The Morgan fingerprint density at radius 3 is 2.44 bits per heavy atom. The lowest BCUT2D eigenvalue weighted by Crippen LogP contribution is -2.18. The average molecular weight is 258 g/mol. The minimum Gasteiger partial charge on any atom is -0.463 e. The van der Waals surface area contributed by atoms with Gasteiger partial charge >= 0.3 is 5.97 Å². The Hall–Kier alpha value is -0.610. The number of hydrogen-bond donors (Lipinski definition) is 0. The number of hydrogen-bond acceptors (Lipinski definition) is 4. The third-order valence-electron chi connectivity index (χ3n) is 3.46. The summed E-state index contributed by atoms with van der Waals surface area (Å²) < 4.78 is 15.3. The van der Waals surface area contributed by atoms with Crippen LogP contribution in [0.25, 0.3) is 0 Å². The molecule has 1 aliphatic rings. The van der Waals surface area contributed by atoms with Crippen molar-refractivity contribution in [3.8, 4) is 0 Å². The summed E-state index contributed by atoms with van der Waals surface area (Å²) in [7, 11) is 1.59. The third-order valence-corrected chi connectivity index (χ3v) is 3.46. The Morgan fingerprint density at radius 1 is 1.17 bits per heavy atom. The van der Waals surface area contributed by atoms with Gasteiger partial charge < -0.3 is 14.2 Å². The standard InChI is InChI=1S/C14H26O4/c1-12(16-2)17-9-10-18-14(15)11-13-7-5-3-4-6-8-13/h12-13H,3-11H2,1-2H3. The highest BCUT2D eigenvalue weighted by molar-refractivity contribution is 5.69. The molecular weight excluding hydrogens is 232 g/mol. The second kappa shape index (κ2) is 9.34. The first kappa shape index (κ1) is 15.4. The van der Waals surface area contributed by atoms with E-state index in [1.165, 1.54) is 38.5 Å². The van der Waals surface area contributed by atoms with Gasteiger partial charge in [-0.3, -0.25) is 4.79 Å². The first-order valence-corrected chi connectivity index (χ1v) is 7.02. The lowest BCUT2D eigenvalue weighted by atomic mass is 9.97. The first-order valence-electron chi connectivity index (χ1n) is 7.02. The van der Waals surface area contributed by atoms with Crippen LogP contribution in [-0.2, 0) is 19.0 Å². The van der Waals surface area contributed by atoms with Crippen molar-refractivity contribution in [2.45, 2.75) is 58.2 Å². The highest BCUT2D eigenvalue weighted by atomic mass is 16.7. The molecule has 0 amide bonds. The van der Waals surface area contributed by atoms with Gasteiger partial charge in [-0.2, -0.15) is 0 Å². The van der Waals surface area contributed by atoms with Gasteiger partial charge in [0.25, 0.3) is 0 Å². The molecule has 106 valence electrons. The van der Waals surface area contributed by atoms with E-state index in [4.69, 9.17) is 14.2 Å². The Morgan fingerprint density at radius 2 is 1.83 bits per heavy atom. The maximum absolute atomic E-state index is 11.6. The Balaban J connectivity index is 2.05. The highest BCUT2D eigenvalue weighted by Gasteiger charge is 2.16. The van der Waals surface area contributed by atoms with Gasteiger partial charge in [-0.1, -0.05) is 25.7 Å². The minimum atomic E-state index is -0.245. The molecule has 1 unspecified atom stereocenters. The summed E-state index contributed by atoms with van der Waals surface area (Å²) in [5.41, 5.74) is 0. The van der Waals surface area contributed by atoms with Crippen molar-refractivity contribution in [3.05, 3.63) is 0 Å². The molecule has 4 nitrogen and oxygen atoms in total. The molecule has 0 saturated heterocycles. The summed E-state index contributed by atoms with van der Waals surface area (Å²) in [6, 6.07) is 0. The van der Waals surface area contributed by atoms with Crippen molar-refractivity contribution in [1.29, 1.82) is 0 Å². The second-order valence-corrected chi connectivity index (χ2v) is 4.96. The van der Waals surface area contributed by atoms with E-state index in [9.17, 15) is 4.79 Å². The summed E-state index contributed by atoms with van der Waals surface area (Å²) in [4.78, 5) is 11.6. The van der Waals surface area contributed by atoms with Crippen molar-refractivity contribution >= 4 is 5.97 Å². The lowest BCUT2D eigenvalue weighted by Gasteiger charge is -2.14. The van der Waals surface area contributed by atoms with Gasteiger partial charge in [0, 0.05) is 13.5 Å². The fourth-order valence-corrected chi connectivity index (χ4v) is 2.30. The van der Waals surface area contributed by atoms with E-state index >= 15 is 0 Å². The van der Waals surface area contributed by atoms with Gasteiger partial charge in [0.2, 0.25) is 0 Å². The molecule has 0 aliphatic heterocycles. The third kappa shape index (κ3) is 6.97. The van der Waals surface area contributed by atoms with E-state index in [0.717, 1.165) is 0 Å². The van der Waals surface area contributed by atoms with Gasteiger partial charge in [-0.25, -0.2) is 0 Å². The number of carbonyl (C=O) groups is 1.